The maximum Gasteiger partial charge on any atom is 0.270 e. The second kappa shape index (κ2) is 3.34. The maximum absolute atomic E-state index is 11.5. The van der Waals surface area contributed by atoms with E-state index in [2.05, 4.69) is 5.32 Å². The number of carbonyl (C=O) groups excluding carboxylic acids is 1. The molecule has 78 valence electrons. The third-order valence-corrected chi connectivity index (χ3v) is 2.45. The van der Waals surface area contributed by atoms with Gasteiger partial charge in [-0.25, -0.2) is 0 Å². The zero-order chi connectivity index (χ0) is 11.0. The molecule has 0 saturated carbocycles. The molecular formula is C10H10N2O3. The van der Waals surface area contributed by atoms with Gasteiger partial charge in [0.05, 0.1) is 4.92 Å². The van der Waals surface area contributed by atoms with E-state index in [4.69, 9.17) is 0 Å². The van der Waals surface area contributed by atoms with Crippen molar-refractivity contribution in [1.82, 2.24) is 5.32 Å². The molecule has 0 fully saturated rings. The molecule has 1 aromatic rings. The Balaban J connectivity index is 2.48. The summed E-state index contributed by atoms with van der Waals surface area (Å²) in [6.07, 6.45) is 0.721. The number of nitrogens with zero attached hydrogens (tertiary/aromatic N) is 1. The topological polar surface area (TPSA) is 72.2 Å². The van der Waals surface area contributed by atoms with Crippen LogP contribution in [0, 0.1) is 10.1 Å². The lowest BCUT2D eigenvalue weighted by Crippen LogP contribution is -2.39. The highest BCUT2D eigenvalue weighted by molar-refractivity contribution is 5.97. The molecule has 5 heteroatoms. The minimum Gasteiger partial charge on any atom is -0.349 e. The standard InChI is InChI=1S/C10H10N2O3/c1-6-4-7-2-3-8(12(14)15)5-9(7)10(13)11-6/h2-3,5-6H,4H2,1H3,(H,11,13). The lowest BCUT2D eigenvalue weighted by Gasteiger charge is -2.21. The van der Waals surface area contributed by atoms with Crippen molar-refractivity contribution in [1.29, 1.82) is 0 Å². The smallest absolute Gasteiger partial charge is 0.270 e. The summed E-state index contributed by atoms with van der Waals surface area (Å²) >= 11 is 0. The molecule has 1 atom stereocenters. The normalized spacial score (nSPS) is 19.3. The number of fused-ring (bicyclic) bond motifs is 1. The van der Waals surface area contributed by atoms with Crippen LogP contribution in [0.4, 0.5) is 5.69 Å². The van der Waals surface area contributed by atoms with Crippen LogP contribution in [0.3, 0.4) is 0 Å². The predicted molar refractivity (Wildman–Crippen MR) is 53.7 cm³/mol. The molecule has 0 aliphatic carbocycles. The van der Waals surface area contributed by atoms with Gasteiger partial charge in [-0.3, -0.25) is 14.9 Å². The molecule has 1 N–H and O–H groups in total. The molecular weight excluding hydrogens is 196 g/mol. The largest absolute Gasteiger partial charge is 0.349 e. The van der Waals surface area contributed by atoms with Crippen LogP contribution in [0.2, 0.25) is 0 Å². The summed E-state index contributed by atoms with van der Waals surface area (Å²) in [5, 5.41) is 13.3. The first-order valence-electron chi connectivity index (χ1n) is 4.66. The first-order chi connectivity index (χ1) is 7.08. The summed E-state index contributed by atoms with van der Waals surface area (Å²) in [6, 6.07) is 4.51. The summed E-state index contributed by atoms with van der Waals surface area (Å²) in [5.41, 5.74) is 1.25. The minimum absolute atomic E-state index is 0.0431. The number of carbonyl (C=O) groups is 1. The van der Waals surface area contributed by atoms with Crippen LogP contribution in [0.1, 0.15) is 22.8 Å². The lowest BCUT2D eigenvalue weighted by atomic mass is 9.95. The Kier molecular flexibility index (Phi) is 2.15. The third-order valence-electron chi connectivity index (χ3n) is 2.45. The maximum atomic E-state index is 11.5. The van der Waals surface area contributed by atoms with Gasteiger partial charge >= 0.3 is 0 Å². The Bertz CT molecular complexity index is 442. The molecule has 0 bridgehead atoms. The van der Waals surface area contributed by atoms with Crippen LogP contribution in [0.25, 0.3) is 0 Å². The van der Waals surface area contributed by atoms with Crippen molar-refractivity contribution in [2.24, 2.45) is 0 Å². The number of nitrogens with one attached hydrogen (secondary N) is 1. The Morgan fingerprint density at radius 1 is 1.53 bits per heavy atom. The van der Waals surface area contributed by atoms with Crippen LogP contribution in [-0.2, 0) is 6.42 Å². The molecule has 5 nitrogen and oxygen atoms in total. The van der Waals surface area contributed by atoms with Crippen molar-refractivity contribution < 1.29 is 9.72 Å². The van der Waals surface area contributed by atoms with Crippen molar-refractivity contribution in [2.75, 3.05) is 0 Å². The van der Waals surface area contributed by atoms with Gasteiger partial charge in [0, 0.05) is 23.7 Å². The highest BCUT2D eigenvalue weighted by Gasteiger charge is 2.23. The second-order valence-corrected chi connectivity index (χ2v) is 3.68. The molecule has 1 unspecified atom stereocenters. The van der Waals surface area contributed by atoms with E-state index in [0.717, 1.165) is 12.0 Å². The van der Waals surface area contributed by atoms with Crippen molar-refractivity contribution in [3.8, 4) is 0 Å². The molecule has 1 aromatic carbocycles. The average molecular weight is 206 g/mol. The predicted octanol–water partition coefficient (Wildman–Crippen LogP) is 1.27. The van der Waals surface area contributed by atoms with E-state index >= 15 is 0 Å². The van der Waals surface area contributed by atoms with Gasteiger partial charge in [0.25, 0.3) is 11.6 Å². The number of benzene rings is 1. The Labute approximate surface area is 86.2 Å². The number of nitro benzene ring substituents is 1. The van der Waals surface area contributed by atoms with Gasteiger partial charge in [0.1, 0.15) is 0 Å². The van der Waals surface area contributed by atoms with Crippen LogP contribution in [0.15, 0.2) is 18.2 Å². The number of rotatable bonds is 1. The zero-order valence-electron chi connectivity index (χ0n) is 8.19. The Hall–Kier alpha value is -1.91. The average Bonchev–Trinajstić information content (AvgIpc) is 2.16. The van der Waals surface area contributed by atoms with Gasteiger partial charge in [-0.2, -0.15) is 0 Å². The van der Waals surface area contributed by atoms with Gasteiger partial charge in [0.15, 0.2) is 0 Å². The molecule has 0 radical (unpaired) electrons. The van der Waals surface area contributed by atoms with E-state index in [9.17, 15) is 14.9 Å². The summed E-state index contributed by atoms with van der Waals surface area (Å²) in [7, 11) is 0. The van der Waals surface area contributed by atoms with Gasteiger partial charge in [-0.15, -0.1) is 0 Å². The number of nitro groups is 1. The second-order valence-electron chi connectivity index (χ2n) is 3.68. The van der Waals surface area contributed by atoms with Crippen molar-refractivity contribution in [3.63, 3.8) is 0 Å². The SMILES string of the molecule is CC1Cc2ccc([N+](=O)[O-])cc2C(=O)N1. The van der Waals surface area contributed by atoms with Gasteiger partial charge < -0.3 is 5.32 Å². The molecule has 15 heavy (non-hydrogen) atoms. The highest BCUT2D eigenvalue weighted by atomic mass is 16.6. The monoisotopic (exact) mass is 206 g/mol. The van der Waals surface area contributed by atoms with Crippen LogP contribution < -0.4 is 5.32 Å². The Morgan fingerprint density at radius 3 is 2.93 bits per heavy atom. The van der Waals surface area contributed by atoms with Gasteiger partial charge in [0.2, 0.25) is 0 Å². The molecule has 1 aliphatic heterocycles. The number of amides is 1. The quantitative estimate of drug-likeness (QED) is 0.555. The van der Waals surface area contributed by atoms with E-state index < -0.39 is 4.92 Å². The number of non-ortho nitro benzene ring substituents is 1. The fraction of sp³-hybridized carbons (Fsp3) is 0.300. The van der Waals surface area contributed by atoms with E-state index in [1.165, 1.54) is 12.1 Å². The molecule has 2 rings (SSSR count). The molecule has 0 spiro atoms. The van der Waals surface area contributed by atoms with Crippen LogP contribution in [0.5, 0.6) is 0 Å². The summed E-state index contributed by atoms with van der Waals surface area (Å²) in [5.74, 6) is -0.229. The van der Waals surface area contributed by atoms with E-state index in [-0.39, 0.29) is 17.6 Å². The van der Waals surface area contributed by atoms with Crippen LogP contribution in [-0.4, -0.2) is 16.9 Å². The molecule has 0 aromatic heterocycles. The summed E-state index contributed by atoms with van der Waals surface area (Å²) < 4.78 is 0. The number of hydrogen-bond donors (Lipinski definition) is 1. The molecule has 1 heterocycles. The van der Waals surface area contributed by atoms with Gasteiger partial charge in [-0.1, -0.05) is 6.07 Å². The van der Waals surface area contributed by atoms with E-state index in [1.807, 2.05) is 6.92 Å². The van der Waals surface area contributed by atoms with E-state index in [0.29, 0.717) is 5.56 Å². The molecule has 1 amide bonds. The molecule has 1 aliphatic rings. The summed E-state index contributed by atoms with van der Waals surface area (Å²) in [6.45, 7) is 1.91. The fourth-order valence-electron chi connectivity index (χ4n) is 1.75. The van der Waals surface area contributed by atoms with Crippen molar-refractivity contribution in [3.05, 3.63) is 39.4 Å². The minimum atomic E-state index is -0.494. The highest BCUT2D eigenvalue weighted by Crippen LogP contribution is 2.22. The molecule has 0 saturated heterocycles. The Morgan fingerprint density at radius 2 is 2.27 bits per heavy atom. The summed E-state index contributed by atoms with van der Waals surface area (Å²) in [4.78, 5) is 21.6. The van der Waals surface area contributed by atoms with Crippen molar-refractivity contribution >= 4 is 11.6 Å². The lowest BCUT2D eigenvalue weighted by molar-refractivity contribution is -0.384. The fourth-order valence-corrected chi connectivity index (χ4v) is 1.75. The number of hydrogen-bond acceptors (Lipinski definition) is 3. The van der Waals surface area contributed by atoms with E-state index in [1.54, 1.807) is 6.07 Å². The third kappa shape index (κ3) is 1.68. The van der Waals surface area contributed by atoms with Crippen LogP contribution >= 0.6 is 0 Å². The zero-order valence-corrected chi connectivity index (χ0v) is 8.19. The first-order valence-corrected chi connectivity index (χ1v) is 4.66. The van der Waals surface area contributed by atoms with Gasteiger partial charge in [-0.05, 0) is 18.9 Å². The van der Waals surface area contributed by atoms with Crippen molar-refractivity contribution in [2.45, 2.75) is 19.4 Å². The first kappa shape index (κ1) is 9.64.